The number of likely N-dealkylation sites (N-methyl/N-ethyl adjacent to an activating group) is 1. The molecule has 3 aliphatic carbocycles. The van der Waals surface area contributed by atoms with Crippen molar-refractivity contribution in [3.63, 3.8) is 0 Å². The van der Waals surface area contributed by atoms with Crippen LogP contribution >= 0.6 is 0 Å². The van der Waals surface area contributed by atoms with E-state index in [2.05, 4.69) is 5.48 Å². The number of aliphatic hydroxyl groups excluding tert-OH is 2. The van der Waals surface area contributed by atoms with Gasteiger partial charge in [-0.05, 0) is 50.0 Å². The van der Waals surface area contributed by atoms with Gasteiger partial charge in [0.2, 0.25) is 5.78 Å². The Morgan fingerprint density at radius 3 is 2.56 bits per heavy atom. The van der Waals surface area contributed by atoms with Crippen LogP contribution in [0, 0.1) is 11.8 Å². The number of hydrogen-bond acceptors (Lipinski definition) is 10. The van der Waals surface area contributed by atoms with E-state index in [1.54, 1.807) is 6.07 Å². The van der Waals surface area contributed by atoms with E-state index in [9.17, 15) is 44.3 Å². The standard InChI is InChI=1S/C24H27FN2O9/c1-27(2)18-13-8-11-7-12-10(9-26-36-6-5-25)3-4-14(28)16(12)19(29)15(11)21(31)24(13,35)22(32)17(20(18)30)23(33)34/h3-4,11,13,18,26,28-29,32,35H,5-9H2,1-2H3,(H,33,34)/t11-,13-,18-,24-/m0/s1. The first-order valence-electron chi connectivity index (χ1n) is 11.3. The molecule has 0 saturated heterocycles. The smallest absolute Gasteiger partial charge is 0.342 e. The number of carboxylic acids is 1. The number of carbonyl (C=O) groups is 3. The molecule has 0 unspecified atom stereocenters. The van der Waals surface area contributed by atoms with Crippen LogP contribution in [0.25, 0.3) is 5.76 Å². The molecule has 0 spiro atoms. The van der Waals surface area contributed by atoms with Crippen LogP contribution in [-0.2, 0) is 32.2 Å². The quantitative estimate of drug-likeness (QED) is 0.173. The van der Waals surface area contributed by atoms with Crippen molar-refractivity contribution in [1.82, 2.24) is 10.4 Å². The second kappa shape index (κ2) is 9.28. The molecule has 11 nitrogen and oxygen atoms in total. The molecule has 1 aromatic carbocycles. The minimum absolute atomic E-state index is 0.0422. The molecule has 0 radical (unpaired) electrons. The first kappa shape index (κ1) is 25.8. The minimum Gasteiger partial charge on any atom is -0.508 e. The Bertz CT molecular complexity index is 1210. The van der Waals surface area contributed by atoms with Crippen LogP contribution < -0.4 is 5.48 Å². The molecule has 1 aromatic rings. The van der Waals surface area contributed by atoms with Gasteiger partial charge in [-0.2, -0.15) is 5.48 Å². The van der Waals surface area contributed by atoms with Crippen molar-refractivity contribution in [2.24, 2.45) is 11.8 Å². The van der Waals surface area contributed by atoms with Crippen LogP contribution in [0.5, 0.6) is 5.75 Å². The molecular weight excluding hydrogens is 479 g/mol. The van der Waals surface area contributed by atoms with Gasteiger partial charge in [-0.15, -0.1) is 0 Å². The van der Waals surface area contributed by atoms with E-state index in [0.29, 0.717) is 11.1 Å². The lowest BCUT2D eigenvalue weighted by Gasteiger charge is -2.50. The molecule has 1 fully saturated rings. The van der Waals surface area contributed by atoms with Gasteiger partial charge >= 0.3 is 5.97 Å². The van der Waals surface area contributed by atoms with Gasteiger partial charge in [-0.1, -0.05) is 6.07 Å². The summed E-state index contributed by atoms with van der Waals surface area (Å²) in [7, 11) is 2.99. The zero-order valence-electron chi connectivity index (χ0n) is 19.6. The third-order valence-electron chi connectivity index (χ3n) is 7.21. The van der Waals surface area contributed by atoms with Crippen LogP contribution in [0.1, 0.15) is 23.1 Å². The molecule has 194 valence electrons. The first-order chi connectivity index (χ1) is 17.0. The minimum atomic E-state index is -2.76. The Hall–Kier alpha value is -3.32. The van der Waals surface area contributed by atoms with Gasteiger partial charge in [-0.3, -0.25) is 19.3 Å². The molecule has 1 saturated carbocycles. The highest BCUT2D eigenvalue weighted by atomic mass is 19.1. The second-order valence-electron chi connectivity index (χ2n) is 9.36. The summed E-state index contributed by atoms with van der Waals surface area (Å²) in [4.78, 5) is 44.8. The molecule has 0 heterocycles. The topological polar surface area (TPSA) is 177 Å². The van der Waals surface area contributed by atoms with Crippen molar-refractivity contribution in [1.29, 1.82) is 0 Å². The van der Waals surface area contributed by atoms with E-state index in [4.69, 9.17) is 4.84 Å². The van der Waals surface area contributed by atoms with E-state index >= 15 is 0 Å². The van der Waals surface area contributed by atoms with Gasteiger partial charge in [0.25, 0.3) is 0 Å². The molecule has 4 rings (SSSR count). The Morgan fingerprint density at radius 1 is 1.25 bits per heavy atom. The number of hydroxylamine groups is 1. The van der Waals surface area contributed by atoms with Crippen LogP contribution in [0.2, 0.25) is 0 Å². The zero-order chi connectivity index (χ0) is 26.5. The molecule has 12 heteroatoms. The third kappa shape index (κ3) is 3.68. The summed E-state index contributed by atoms with van der Waals surface area (Å²) in [5, 5.41) is 53.4. The number of phenols is 1. The summed E-state index contributed by atoms with van der Waals surface area (Å²) in [5.74, 6) is -7.97. The maximum Gasteiger partial charge on any atom is 0.342 e. The lowest BCUT2D eigenvalue weighted by molar-refractivity contribution is -0.155. The Balaban J connectivity index is 1.86. The molecule has 36 heavy (non-hydrogen) atoms. The number of alkyl halides is 1. The van der Waals surface area contributed by atoms with Crippen molar-refractivity contribution in [2.75, 3.05) is 27.4 Å². The van der Waals surface area contributed by atoms with Gasteiger partial charge < -0.3 is 25.5 Å². The Morgan fingerprint density at radius 2 is 1.94 bits per heavy atom. The number of Topliss-reactive ketones (excluding diaryl/α,β-unsaturated/α-hetero) is 2. The fourth-order valence-electron chi connectivity index (χ4n) is 5.68. The van der Waals surface area contributed by atoms with Gasteiger partial charge in [0.15, 0.2) is 17.1 Å². The highest BCUT2D eigenvalue weighted by molar-refractivity contribution is 6.23. The summed E-state index contributed by atoms with van der Waals surface area (Å²) in [6.45, 7) is -0.773. The highest BCUT2D eigenvalue weighted by Crippen LogP contribution is 2.52. The van der Waals surface area contributed by atoms with E-state index in [0.717, 1.165) is 0 Å². The number of aliphatic carboxylic acids is 1. The predicted octanol–water partition coefficient (Wildman–Crippen LogP) is 0.554. The lowest BCUT2D eigenvalue weighted by atomic mass is 9.57. The van der Waals surface area contributed by atoms with Crippen molar-refractivity contribution >= 4 is 23.3 Å². The molecule has 0 aliphatic heterocycles. The predicted molar refractivity (Wildman–Crippen MR) is 121 cm³/mol. The number of fused-ring (bicyclic) bond motifs is 3. The molecule has 4 atom stereocenters. The van der Waals surface area contributed by atoms with Crippen molar-refractivity contribution < 1.29 is 49.1 Å². The maximum absolute atomic E-state index is 13.7. The zero-order valence-corrected chi connectivity index (χ0v) is 19.6. The molecule has 0 amide bonds. The van der Waals surface area contributed by atoms with Gasteiger partial charge in [0, 0.05) is 18.0 Å². The van der Waals surface area contributed by atoms with E-state index < -0.39 is 64.8 Å². The summed E-state index contributed by atoms with van der Waals surface area (Å²) in [6.07, 6.45) is 0.0830. The summed E-state index contributed by atoms with van der Waals surface area (Å²) < 4.78 is 12.3. The molecule has 0 bridgehead atoms. The molecule has 3 aliphatic rings. The molecular formula is C24H27FN2O9. The van der Waals surface area contributed by atoms with Gasteiger partial charge in [-0.25, -0.2) is 9.18 Å². The lowest BCUT2D eigenvalue weighted by Crippen LogP contribution is -2.65. The van der Waals surface area contributed by atoms with Crippen LogP contribution in [0.15, 0.2) is 29.0 Å². The number of aliphatic hydroxyl groups is 3. The average Bonchev–Trinajstić information content (AvgIpc) is 2.80. The monoisotopic (exact) mass is 506 g/mol. The van der Waals surface area contributed by atoms with E-state index in [1.807, 2.05) is 0 Å². The SMILES string of the molecule is CN(C)[C@@H]1C(=O)C(C(=O)O)=C(O)[C@@]2(O)C(=O)C3=C(O)c4c(O)ccc(CNOCCF)c4C[C@H]3C[C@@H]12. The van der Waals surface area contributed by atoms with Crippen molar-refractivity contribution in [3.8, 4) is 5.75 Å². The summed E-state index contributed by atoms with van der Waals surface area (Å²) in [5.41, 5.74) is -0.467. The molecule has 0 aromatic heterocycles. The van der Waals surface area contributed by atoms with Crippen LogP contribution in [0.3, 0.4) is 0 Å². The van der Waals surface area contributed by atoms with Crippen LogP contribution in [-0.4, -0.2) is 87.0 Å². The average molecular weight is 506 g/mol. The van der Waals surface area contributed by atoms with Crippen LogP contribution in [0.4, 0.5) is 4.39 Å². The van der Waals surface area contributed by atoms with Crippen molar-refractivity contribution in [2.45, 2.75) is 31.0 Å². The molecule has 6 N–H and O–H groups in total. The Labute approximate surface area is 205 Å². The number of halogens is 1. The number of carbonyl (C=O) groups excluding carboxylic acids is 2. The number of nitrogens with zero attached hydrogens (tertiary/aromatic N) is 1. The number of nitrogens with one attached hydrogen (secondary N) is 1. The number of ketones is 2. The second-order valence-corrected chi connectivity index (χ2v) is 9.36. The normalized spacial score (nSPS) is 27.8. The Kier molecular flexibility index (Phi) is 6.64. The fraction of sp³-hybridized carbons (Fsp3) is 0.458. The highest BCUT2D eigenvalue weighted by Gasteiger charge is 2.64. The fourth-order valence-corrected chi connectivity index (χ4v) is 5.68. The summed E-state index contributed by atoms with van der Waals surface area (Å²) >= 11 is 0. The number of aromatic hydroxyl groups is 1. The third-order valence-corrected chi connectivity index (χ3v) is 7.21. The number of carboxylic acid groups (broad SMARTS) is 1. The van der Waals surface area contributed by atoms with Gasteiger partial charge in [0.1, 0.15) is 23.8 Å². The van der Waals surface area contributed by atoms with Crippen molar-refractivity contribution in [3.05, 3.63) is 45.7 Å². The number of rotatable bonds is 7. The number of phenolic OH excluding ortho intramolecular Hbond substituents is 1. The maximum atomic E-state index is 13.7. The largest absolute Gasteiger partial charge is 0.508 e. The van der Waals surface area contributed by atoms with Gasteiger partial charge in [0.05, 0.1) is 18.2 Å². The number of hydrogen-bond donors (Lipinski definition) is 6. The number of benzene rings is 1. The summed E-state index contributed by atoms with van der Waals surface area (Å²) in [6, 6.07) is 1.65. The first-order valence-corrected chi connectivity index (χ1v) is 11.3. The van der Waals surface area contributed by atoms with E-state index in [-0.39, 0.29) is 42.9 Å². The van der Waals surface area contributed by atoms with E-state index in [1.165, 1.54) is 25.1 Å².